The van der Waals surface area contributed by atoms with E-state index in [1.54, 1.807) is 28.6 Å². The van der Waals surface area contributed by atoms with Crippen LogP contribution in [0.2, 0.25) is 0 Å². The number of imidazole rings is 1. The molecule has 1 rings (SSSR count). The fourth-order valence-corrected chi connectivity index (χ4v) is 2.43. The molecule has 0 aliphatic heterocycles. The van der Waals surface area contributed by atoms with Crippen molar-refractivity contribution >= 4 is 16.2 Å². The van der Waals surface area contributed by atoms with Gasteiger partial charge < -0.3 is 5.21 Å². The number of aromatic nitrogens is 2. The Kier molecular flexibility index (Phi) is 5.34. The molecule has 1 aromatic rings. The van der Waals surface area contributed by atoms with E-state index in [2.05, 4.69) is 5.16 Å². The van der Waals surface area contributed by atoms with Gasteiger partial charge in [-0.05, 0) is 6.42 Å². The average Bonchev–Trinajstić information content (AvgIpc) is 2.70. The molecule has 0 saturated heterocycles. The first-order chi connectivity index (χ1) is 9.61. The number of aryl methyl sites for hydroxylation is 2. The van der Waals surface area contributed by atoms with Crippen LogP contribution >= 0.6 is 0 Å². The molecule has 0 atom stereocenters. The molecule has 0 aliphatic carbocycles. The number of rotatable bonds is 6. The topological polar surface area (TPSA) is 78.8 Å². The number of hydrogen-bond acceptors (Lipinski definition) is 4. The summed E-state index contributed by atoms with van der Waals surface area (Å²) in [6, 6.07) is 0. The van der Waals surface area contributed by atoms with Gasteiger partial charge in [0.15, 0.2) is 6.21 Å². The van der Waals surface area contributed by atoms with Crippen molar-refractivity contribution in [3.05, 3.63) is 18.2 Å². The van der Waals surface area contributed by atoms with Gasteiger partial charge in [0.05, 0.1) is 13.6 Å². The van der Waals surface area contributed by atoms with E-state index in [0.29, 0.717) is 5.82 Å². The first kappa shape index (κ1) is 17.4. The van der Waals surface area contributed by atoms with Crippen molar-refractivity contribution in [2.45, 2.75) is 18.5 Å². The zero-order valence-electron chi connectivity index (χ0n) is 11.4. The SMILES string of the molecule is CN(CCCn1cc[n+](C)c1/C=N/O)S(=O)(=O)C(F)(F)F. The lowest BCUT2D eigenvalue weighted by molar-refractivity contribution is -0.671. The third-order valence-corrected chi connectivity index (χ3v) is 4.46. The summed E-state index contributed by atoms with van der Waals surface area (Å²) in [5.41, 5.74) is -5.30. The Morgan fingerprint density at radius 3 is 2.67 bits per heavy atom. The Morgan fingerprint density at radius 1 is 1.52 bits per heavy atom. The molecule has 11 heteroatoms. The van der Waals surface area contributed by atoms with Crippen molar-refractivity contribution in [2.24, 2.45) is 12.2 Å². The largest absolute Gasteiger partial charge is 0.511 e. The number of halogens is 3. The maximum Gasteiger partial charge on any atom is 0.511 e. The normalized spacial score (nSPS) is 13.4. The molecule has 1 heterocycles. The zero-order valence-corrected chi connectivity index (χ0v) is 12.3. The second-order valence-corrected chi connectivity index (χ2v) is 6.37. The fraction of sp³-hybridized carbons (Fsp3) is 0.600. The van der Waals surface area contributed by atoms with Crippen LogP contribution in [0.5, 0.6) is 0 Å². The first-order valence-corrected chi connectivity index (χ1v) is 7.30. The second-order valence-electron chi connectivity index (χ2n) is 4.33. The van der Waals surface area contributed by atoms with Crippen LogP contribution in [0.3, 0.4) is 0 Å². The number of alkyl halides is 3. The Morgan fingerprint density at radius 2 is 2.14 bits per heavy atom. The van der Waals surface area contributed by atoms with Gasteiger partial charge in [-0.15, -0.1) is 0 Å². The van der Waals surface area contributed by atoms with Crippen LogP contribution in [0.4, 0.5) is 13.2 Å². The highest BCUT2D eigenvalue weighted by molar-refractivity contribution is 7.89. The highest BCUT2D eigenvalue weighted by atomic mass is 32.2. The predicted octanol–water partition coefficient (Wildman–Crippen LogP) is 0.292. The highest BCUT2D eigenvalue weighted by Crippen LogP contribution is 2.25. The molecule has 0 radical (unpaired) electrons. The molecule has 0 bridgehead atoms. The van der Waals surface area contributed by atoms with E-state index in [9.17, 15) is 21.6 Å². The highest BCUT2D eigenvalue weighted by Gasteiger charge is 2.48. The smallest absolute Gasteiger partial charge is 0.411 e. The number of hydrogen-bond donors (Lipinski definition) is 1. The summed E-state index contributed by atoms with van der Waals surface area (Å²) in [6.45, 7) is -0.000639. The van der Waals surface area contributed by atoms with Crippen LogP contribution in [-0.4, -0.2) is 47.8 Å². The van der Waals surface area contributed by atoms with E-state index in [1.165, 1.54) is 6.21 Å². The molecule has 0 spiro atoms. The van der Waals surface area contributed by atoms with Crippen LogP contribution in [0, 0.1) is 0 Å². The van der Waals surface area contributed by atoms with Crippen LogP contribution in [0.1, 0.15) is 12.2 Å². The van der Waals surface area contributed by atoms with E-state index in [1.807, 2.05) is 0 Å². The molecule has 0 aromatic carbocycles. The molecule has 0 fully saturated rings. The minimum atomic E-state index is -5.30. The average molecular weight is 329 g/mol. The van der Waals surface area contributed by atoms with Crippen LogP contribution in [0.25, 0.3) is 0 Å². The van der Waals surface area contributed by atoms with Crippen molar-refractivity contribution in [3.63, 3.8) is 0 Å². The summed E-state index contributed by atoms with van der Waals surface area (Å²) in [5.74, 6) is 0.527. The van der Waals surface area contributed by atoms with Crippen LogP contribution < -0.4 is 4.57 Å². The molecular formula is C10H16F3N4O3S+. The van der Waals surface area contributed by atoms with Crippen molar-refractivity contribution < 1.29 is 31.4 Å². The van der Waals surface area contributed by atoms with Gasteiger partial charge in [0.1, 0.15) is 12.4 Å². The minimum Gasteiger partial charge on any atom is -0.411 e. The van der Waals surface area contributed by atoms with Gasteiger partial charge in [-0.1, -0.05) is 5.16 Å². The summed E-state index contributed by atoms with van der Waals surface area (Å²) in [4.78, 5) is 0. The first-order valence-electron chi connectivity index (χ1n) is 5.86. The lowest BCUT2D eigenvalue weighted by Gasteiger charge is -2.18. The van der Waals surface area contributed by atoms with E-state index < -0.39 is 15.5 Å². The summed E-state index contributed by atoms with van der Waals surface area (Å²) in [5, 5.41) is 11.4. The van der Waals surface area contributed by atoms with E-state index in [4.69, 9.17) is 5.21 Å². The van der Waals surface area contributed by atoms with Crippen molar-refractivity contribution in [1.29, 1.82) is 0 Å². The van der Waals surface area contributed by atoms with Crippen molar-refractivity contribution in [3.8, 4) is 0 Å². The standard InChI is InChI=1S/C10H15F3N4O3S/c1-15-6-7-17(9(15)8-14-18)5-3-4-16(2)21(19,20)10(11,12)13/h6-8H,3-5H2,1-2H3/p+1. The van der Waals surface area contributed by atoms with Crippen molar-refractivity contribution in [1.82, 2.24) is 8.87 Å². The third kappa shape index (κ3) is 3.94. The second kappa shape index (κ2) is 6.43. The minimum absolute atomic E-state index is 0.173. The van der Waals surface area contributed by atoms with Gasteiger partial charge in [-0.3, -0.25) is 0 Å². The Bertz CT molecular complexity index is 610. The van der Waals surface area contributed by atoms with Gasteiger partial charge in [0.25, 0.3) is 0 Å². The number of oxime groups is 1. The Labute approximate surface area is 119 Å². The summed E-state index contributed by atoms with van der Waals surface area (Å²) < 4.78 is 62.7. The summed E-state index contributed by atoms with van der Waals surface area (Å²) in [6.07, 6.45) is 4.67. The number of nitrogens with zero attached hydrogens (tertiary/aromatic N) is 4. The molecule has 1 aromatic heterocycles. The zero-order chi connectivity index (χ0) is 16.3. The molecule has 0 saturated carbocycles. The number of sulfonamides is 1. The molecule has 1 N–H and O–H groups in total. The van der Waals surface area contributed by atoms with Crippen LogP contribution in [-0.2, 0) is 23.6 Å². The third-order valence-electron chi connectivity index (χ3n) is 2.87. The van der Waals surface area contributed by atoms with Crippen LogP contribution in [0.15, 0.2) is 17.5 Å². The predicted molar refractivity (Wildman–Crippen MR) is 67.2 cm³/mol. The fourth-order valence-electron chi connectivity index (χ4n) is 1.70. The van der Waals surface area contributed by atoms with Gasteiger partial charge in [-0.2, -0.15) is 17.5 Å². The molecule has 21 heavy (non-hydrogen) atoms. The maximum atomic E-state index is 12.3. The molecule has 0 aliphatic rings. The maximum absolute atomic E-state index is 12.3. The molecule has 120 valence electrons. The van der Waals surface area contributed by atoms with Gasteiger partial charge in [-0.25, -0.2) is 17.6 Å². The van der Waals surface area contributed by atoms with Gasteiger partial charge in [0, 0.05) is 13.6 Å². The van der Waals surface area contributed by atoms with E-state index in [0.717, 1.165) is 7.05 Å². The van der Waals surface area contributed by atoms with E-state index in [-0.39, 0.29) is 23.8 Å². The quantitative estimate of drug-likeness (QED) is 0.353. The Hall–Kier alpha value is -1.62. The molecule has 7 nitrogen and oxygen atoms in total. The van der Waals surface area contributed by atoms with Gasteiger partial charge in [0.2, 0.25) is 0 Å². The lowest BCUT2D eigenvalue weighted by Crippen LogP contribution is -2.39. The van der Waals surface area contributed by atoms with Gasteiger partial charge >= 0.3 is 21.4 Å². The lowest BCUT2D eigenvalue weighted by atomic mass is 10.4. The molecule has 0 unspecified atom stereocenters. The van der Waals surface area contributed by atoms with Crippen molar-refractivity contribution in [2.75, 3.05) is 13.6 Å². The summed E-state index contributed by atoms with van der Waals surface area (Å²) >= 11 is 0. The Balaban J connectivity index is 2.67. The van der Waals surface area contributed by atoms with E-state index >= 15 is 0 Å². The monoisotopic (exact) mass is 329 g/mol. The molecular weight excluding hydrogens is 313 g/mol. The summed E-state index contributed by atoms with van der Waals surface area (Å²) in [7, 11) is -2.71. The molecule has 0 amide bonds.